The van der Waals surface area contributed by atoms with Gasteiger partial charge in [-0.1, -0.05) is 20.8 Å². The number of thiazole rings is 1. The number of fused-ring (bicyclic) bond motifs is 1. The molecule has 2 amide bonds. The summed E-state index contributed by atoms with van der Waals surface area (Å²) >= 11 is 7.89. The Balaban J connectivity index is 1.28. The number of amides is 2. The lowest BCUT2D eigenvalue weighted by Gasteiger charge is -2.33. The van der Waals surface area contributed by atoms with E-state index >= 15 is 4.39 Å². The molecule has 40 heavy (non-hydrogen) atoms. The smallest absolute Gasteiger partial charge is 0.252 e. The van der Waals surface area contributed by atoms with Gasteiger partial charge in [0.1, 0.15) is 18.0 Å². The molecule has 3 fully saturated rings. The maximum atomic E-state index is 15.3. The topological polar surface area (TPSA) is 98.2 Å². The average molecular weight is 594 g/mol. The number of aliphatic hydroxyl groups excluding tert-OH is 1. The van der Waals surface area contributed by atoms with Crippen LogP contribution in [0.3, 0.4) is 0 Å². The molecular formula is C28H37ClFN5O4S. The molecule has 0 spiro atoms. The van der Waals surface area contributed by atoms with Crippen LogP contribution < -0.4 is 10.2 Å². The monoisotopic (exact) mass is 593 g/mol. The zero-order valence-electron chi connectivity index (χ0n) is 23.1. The van der Waals surface area contributed by atoms with Crippen LogP contribution in [0.4, 0.5) is 9.52 Å². The number of likely N-dealkylation sites (N-methyl/N-ethyl adjacent to an activating group) is 1. The van der Waals surface area contributed by atoms with E-state index in [1.54, 1.807) is 12.1 Å². The van der Waals surface area contributed by atoms with Crippen molar-refractivity contribution >= 4 is 39.9 Å². The quantitative estimate of drug-likeness (QED) is 0.454. The summed E-state index contributed by atoms with van der Waals surface area (Å²) in [6.45, 7) is 11.2. The summed E-state index contributed by atoms with van der Waals surface area (Å²) in [6.07, 6.45) is -0.886. The number of carbonyl (C=O) groups is 2. The first-order valence-corrected chi connectivity index (χ1v) is 15.3. The number of anilines is 1. The normalized spacial score (nSPS) is 25.9. The van der Waals surface area contributed by atoms with Gasteiger partial charge in [-0.3, -0.25) is 9.59 Å². The highest BCUT2D eigenvalue weighted by Crippen LogP contribution is 2.34. The molecule has 4 heterocycles. The Bertz CT molecular complexity index is 1220. The average Bonchev–Trinajstić information content (AvgIpc) is 3.65. The summed E-state index contributed by atoms with van der Waals surface area (Å²) in [5.41, 5.74) is 0.979. The lowest BCUT2D eigenvalue weighted by atomic mass is 10.0. The summed E-state index contributed by atoms with van der Waals surface area (Å²) < 4.78 is 20.8. The van der Waals surface area contributed by atoms with Crippen LogP contribution in [0.25, 0.3) is 11.3 Å². The second-order valence-electron chi connectivity index (χ2n) is 11.1. The number of hydrogen-bond acceptors (Lipinski definition) is 8. The summed E-state index contributed by atoms with van der Waals surface area (Å²) in [5.74, 6) is -1.31. The number of benzene rings is 1. The van der Waals surface area contributed by atoms with Gasteiger partial charge in [0.2, 0.25) is 5.91 Å². The van der Waals surface area contributed by atoms with E-state index in [9.17, 15) is 14.7 Å². The van der Waals surface area contributed by atoms with E-state index in [1.165, 1.54) is 22.3 Å². The van der Waals surface area contributed by atoms with Crippen molar-refractivity contribution in [2.45, 2.75) is 56.9 Å². The summed E-state index contributed by atoms with van der Waals surface area (Å²) in [6, 6.07) is 2.92. The van der Waals surface area contributed by atoms with E-state index in [4.69, 9.17) is 16.3 Å². The maximum absolute atomic E-state index is 15.3. The molecule has 9 nitrogen and oxygen atoms in total. The summed E-state index contributed by atoms with van der Waals surface area (Å²) in [7, 11) is 0. The number of ether oxygens (including phenoxy) is 1. The molecule has 0 radical (unpaired) electrons. The number of rotatable bonds is 8. The van der Waals surface area contributed by atoms with E-state index in [0.717, 1.165) is 37.9 Å². The summed E-state index contributed by atoms with van der Waals surface area (Å²) in [4.78, 5) is 37.6. The number of carbonyl (C=O) groups excluding carboxylic acids is 2. The molecule has 3 saturated heterocycles. The van der Waals surface area contributed by atoms with Crippen molar-refractivity contribution in [1.82, 2.24) is 20.1 Å². The predicted molar refractivity (Wildman–Crippen MR) is 153 cm³/mol. The van der Waals surface area contributed by atoms with Crippen LogP contribution in [0.2, 0.25) is 0 Å². The molecule has 2 aromatic rings. The Kier molecular flexibility index (Phi) is 8.96. The second-order valence-corrected chi connectivity index (χ2v) is 12.5. The van der Waals surface area contributed by atoms with Crippen LogP contribution in [0.1, 0.15) is 37.6 Å². The first-order chi connectivity index (χ1) is 19.2. The molecular weight excluding hydrogens is 557 g/mol. The molecule has 3 aliphatic heterocycles. The second kappa shape index (κ2) is 12.3. The molecule has 3 aliphatic rings. The van der Waals surface area contributed by atoms with Gasteiger partial charge in [-0.15, -0.1) is 22.9 Å². The molecule has 0 saturated carbocycles. The van der Waals surface area contributed by atoms with E-state index in [1.807, 2.05) is 19.2 Å². The zero-order chi connectivity index (χ0) is 28.6. The van der Waals surface area contributed by atoms with Crippen LogP contribution in [-0.2, 0) is 9.53 Å². The number of hydrogen-bond donors (Lipinski definition) is 2. The van der Waals surface area contributed by atoms with Crippen molar-refractivity contribution in [1.29, 1.82) is 0 Å². The highest BCUT2D eigenvalue weighted by molar-refractivity contribution is 7.14. The van der Waals surface area contributed by atoms with E-state index in [0.29, 0.717) is 17.7 Å². The van der Waals surface area contributed by atoms with Crippen molar-refractivity contribution < 1.29 is 23.8 Å². The largest absolute Gasteiger partial charge is 0.388 e. The number of nitrogens with one attached hydrogen (secondary N) is 1. The van der Waals surface area contributed by atoms with Gasteiger partial charge < -0.3 is 29.9 Å². The summed E-state index contributed by atoms with van der Waals surface area (Å²) in [5, 5.41) is 15.5. The van der Waals surface area contributed by atoms with Crippen LogP contribution in [0, 0.1) is 11.7 Å². The minimum absolute atomic E-state index is 0.104. The molecule has 12 heteroatoms. The molecule has 2 N–H and O–H groups in total. The lowest BCUT2D eigenvalue weighted by molar-refractivity contribution is -0.136. The molecule has 1 aromatic carbocycles. The third kappa shape index (κ3) is 5.99. The van der Waals surface area contributed by atoms with Crippen LogP contribution in [0.5, 0.6) is 0 Å². The molecule has 5 atom stereocenters. The van der Waals surface area contributed by atoms with Gasteiger partial charge in [-0.25, -0.2) is 9.37 Å². The van der Waals surface area contributed by atoms with Crippen molar-refractivity contribution in [3.05, 3.63) is 35.0 Å². The van der Waals surface area contributed by atoms with Crippen molar-refractivity contribution in [3.8, 4) is 11.3 Å². The Morgan fingerprint density at radius 2 is 2.02 bits per heavy atom. The fraction of sp³-hybridized carbons (Fsp3) is 0.607. The molecule has 5 rings (SSSR count). The van der Waals surface area contributed by atoms with Gasteiger partial charge in [-0.2, -0.15) is 0 Å². The maximum Gasteiger partial charge on any atom is 0.252 e. The fourth-order valence-corrected chi connectivity index (χ4v) is 7.02. The molecule has 5 unspecified atom stereocenters. The van der Waals surface area contributed by atoms with Gasteiger partial charge in [-0.05, 0) is 37.1 Å². The molecule has 0 bridgehead atoms. The fourth-order valence-electron chi connectivity index (χ4n) is 5.77. The van der Waals surface area contributed by atoms with E-state index < -0.39 is 41.4 Å². The van der Waals surface area contributed by atoms with Crippen LogP contribution in [-0.4, -0.2) is 107 Å². The number of aromatic nitrogens is 1. The third-order valence-electron chi connectivity index (χ3n) is 7.96. The lowest BCUT2D eigenvalue weighted by Crippen LogP contribution is -2.53. The van der Waals surface area contributed by atoms with Crippen molar-refractivity contribution in [2.75, 3.05) is 50.8 Å². The minimum atomic E-state index is -0.847. The Morgan fingerprint density at radius 1 is 1.27 bits per heavy atom. The number of piperazine rings is 1. The van der Waals surface area contributed by atoms with Crippen molar-refractivity contribution in [3.63, 3.8) is 0 Å². The number of halogens is 2. The molecule has 0 aliphatic carbocycles. The third-order valence-corrected chi connectivity index (χ3v) is 9.25. The highest BCUT2D eigenvalue weighted by atomic mass is 35.5. The van der Waals surface area contributed by atoms with Crippen LogP contribution >= 0.6 is 22.9 Å². The SMILES string of the molecule is CCN1CCN(c2nc(-c3ccc(C(=O)NC(CC(C)C)C(=O)N4CC(Cl)C5OCC(O)C54)cc3F)cs2)CC1. The number of likely N-dealkylation sites (tertiary alicyclic amines) is 1. The highest BCUT2D eigenvalue weighted by Gasteiger charge is 2.52. The van der Waals surface area contributed by atoms with E-state index in [-0.39, 0.29) is 30.5 Å². The predicted octanol–water partition coefficient (Wildman–Crippen LogP) is 2.81. The zero-order valence-corrected chi connectivity index (χ0v) is 24.6. The number of alkyl halides is 1. The first kappa shape index (κ1) is 29.2. The molecule has 1 aromatic heterocycles. The van der Waals surface area contributed by atoms with Crippen molar-refractivity contribution in [2.24, 2.45) is 5.92 Å². The van der Waals surface area contributed by atoms with Gasteiger partial charge in [0.05, 0.1) is 29.8 Å². The Morgan fingerprint density at radius 3 is 2.70 bits per heavy atom. The van der Waals surface area contributed by atoms with Gasteiger partial charge in [0, 0.05) is 49.2 Å². The van der Waals surface area contributed by atoms with Gasteiger partial charge in [0.25, 0.3) is 5.91 Å². The van der Waals surface area contributed by atoms with Gasteiger partial charge >= 0.3 is 0 Å². The molecule has 218 valence electrons. The van der Waals surface area contributed by atoms with Crippen LogP contribution in [0.15, 0.2) is 23.6 Å². The minimum Gasteiger partial charge on any atom is -0.388 e. The number of aliphatic hydroxyl groups is 1. The number of nitrogens with zero attached hydrogens (tertiary/aromatic N) is 4. The first-order valence-electron chi connectivity index (χ1n) is 13.9. The van der Waals surface area contributed by atoms with Gasteiger partial charge in [0.15, 0.2) is 5.13 Å². The standard InChI is InChI=1S/C28H37ClFN5O4S/c1-4-33-7-9-34(10-8-33)28-32-22(15-40-28)18-6-5-17(12-20(18)30)26(37)31-21(11-16(2)3)27(38)35-13-19(29)25-24(35)23(36)14-39-25/h5-6,12,15-16,19,21,23-25,36H,4,7-11,13-14H2,1-3H3,(H,31,37). The Hall–Kier alpha value is -2.31. The van der Waals surface area contributed by atoms with E-state index in [2.05, 4.69) is 27.0 Å². The Labute approximate surface area is 243 Å².